The van der Waals surface area contributed by atoms with Gasteiger partial charge in [-0.2, -0.15) is 5.26 Å². The molecule has 0 saturated carbocycles. The molecule has 0 radical (unpaired) electrons. The van der Waals surface area contributed by atoms with Gasteiger partial charge in [-0.15, -0.1) is 0 Å². The van der Waals surface area contributed by atoms with E-state index in [-0.39, 0.29) is 93.4 Å². The number of aromatic carboxylic acids is 1. The van der Waals surface area contributed by atoms with E-state index in [1.807, 2.05) is 20.8 Å². The first-order valence-electron chi connectivity index (χ1n) is 18.6. The monoisotopic (exact) mass is 832 g/mol. The van der Waals surface area contributed by atoms with Crippen LogP contribution in [0.2, 0.25) is 10.0 Å². The molecule has 1 unspecified atom stereocenters. The van der Waals surface area contributed by atoms with E-state index < -0.39 is 58.4 Å². The molecular formula is C42H45Cl2F2N4NaO6. The van der Waals surface area contributed by atoms with E-state index in [2.05, 4.69) is 34.2 Å². The minimum Gasteiger partial charge on any atom is -0.545 e. The number of hydrogen-bond donors (Lipinski definition) is 3. The van der Waals surface area contributed by atoms with E-state index in [1.165, 1.54) is 48.5 Å². The van der Waals surface area contributed by atoms with Crippen LogP contribution in [0.5, 0.6) is 5.75 Å². The second-order valence-electron chi connectivity index (χ2n) is 15.3. The van der Waals surface area contributed by atoms with E-state index in [0.717, 1.165) is 38.2 Å². The van der Waals surface area contributed by atoms with Crippen molar-refractivity contribution in [2.75, 3.05) is 18.5 Å². The molecule has 5 rings (SSSR count). The van der Waals surface area contributed by atoms with E-state index in [9.17, 15) is 24.8 Å². The Balaban J connectivity index is 0.00000720. The normalized spacial score (nSPS) is 22.5. The number of amides is 2. The average Bonchev–Trinajstić information content (AvgIpc) is 3.43. The Bertz CT molecular complexity index is 2010. The molecule has 1 saturated heterocycles. The summed E-state index contributed by atoms with van der Waals surface area (Å²) in [6, 6.07) is 11.9. The number of nitriles is 1. The number of benzene rings is 3. The van der Waals surface area contributed by atoms with Crippen molar-refractivity contribution in [1.29, 1.82) is 5.26 Å². The predicted molar refractivity (Wildman–Crippen MR) is 208 cm³/mol. The number of alkyl carbamates (subject to hydrolysis) is 1. The van der Waals surface area contributed by atoms with Gasteiger partial charge in [-0.05, 0) is 86.3 Å². The zero-order chi connectivity index (χ0) is 40.6. The molecule has 3 N–H and O–H groups in total. The molecule has 1 heterocycles. The fourth-order valence-corrected chi connectivity index (χ4v) is 7.86. The number of allylic oxidation sites excluding steroid dienone is 2. The van der Waals surface area contributed by atoms with E-state index in [0.29, 0.717) is 6.42 Å². The van der Waals surface area contributed by atoms with Crippen LogP contribution in [0.3, 0.4) is 0 Å². The molecule has 10 nitrogen and oxygen atoms in total. The van der Waals surface area contributed by atoms with Crippen LogP contribution in [0, 0.1) is 28.4 Å². The Labute approximate surface area is 364 Å². The molecule has 5 atom stereocenters. The number of ether oxygens (including phenoxy) is 2. The molecule has 3 aromatic rings. The van der Waals surface area contributed by atoms with Gasteiger partial charge in [-0.1, -0.05) is 80.4 Å². The number of hydrogen-bond acceptors (Lipinski definition) is 8. The molecule has 0 spiro atoms. The first kappa shape index (κ1) is 46.0. The second-order valence-corrected chi connectivity index (χ2v) is 16.2. The predicted octanol–water partition coefficient (Wildman–Crippen LogP) is 4.98. The van der Waals surface area contributed by atoms with Gasteiger partial charge >= 0.3 is 35.7 Å². The zero-order valence-electron chi connectivity index (χ0n) is 32.4. The second kappa shape index (κ2) is 20.3. The van der Waals surface area contributed by atoms with Gasteiger partial charge in [0.25, 0.3) is 0 Å². The van der Waals surface area contributed by atoms with Gasteiger partial charge in [0.05, 0.1) is 35.4 Å². The molecule has 3 aromatic carbocycles. The van der Waals surface area contributed by atoms with Crippen LogP contribution in [0.25, 0.3) is 0 Å². The molecule has 2 amide bonds. The number of nitrogens with zero attached hydrogens (tertiary/aromatic N) is 1. The fraction of sp³-hybridized carbons (Fsp3) is 0.429. The van der Waals surface area contributed by atoms with Crippen molar-refractivity contribution in [2.24, 2.45) is 5.41 Å². The zero-order valence-corrected chi connectivity index (χ0v) is 35.9. The van der Waals surface area contributed by atoms with Crippen molar-refractivity contribution in [3.63, 3.8) is 0 Å². The van der Waals surface area contributed by atoms with Crippen molar-refractivity contribution in [3.05, 3.63) is 105 Å². The van der Waals surface area contributed by atoms with Crippen LogP contribution in [0.1, 0.15) is 93.1 Å². The van der Waals surface area contributed by atoms with Gasteiger partial charge in [-0.3, -0.25) is 4.79 Å². The number of carboxylic acid groups (broad SMARTS) is 1. The Morgan fingerprint density at radius 2 is 1.81 bits per heavy atom. The summed E-state index contributed by atoms with van der Waals surface area (Å²) in [5, 5.41) is 31.5. The summed E-state index contributed by atoms with van der Waals surface area (Å²) < 4.78 is 43.6. The summed E-state index contributed by atoms with van der Waals surface area (Å²) in [4.78, 5) is 38.7. The maximum Gasteiger partial charge on any atom is 1.00 e. The number of nitrogens with one attached hydrogen (secondary N) is 3. The number of rotatable bonds is 12. The molecule has 0 bridgehead atoms. The SMILES string of the molecule is CC(C)(C)C[C@@H]1N[C@@H](C(=O)Nc2ccc(C(=O)[O-])cc2OCCCNC(=O)OC2CC/C=C/CCC2)[C@H](c2cccc(Cl)c2F)[C@@]1(C#N)c1ccc(Cl)cc1F.[Na+]. The van der Waals surface area contributed by atoms with Crippen LogP contribution < -0.4 is 55.4 Å². The van der Waals surface area contributed by atoms with E-state index >= 15 is 8.78 Å². The smallest absolute Gasteiger partial charge is 0.545 e. The van der Waals surface area contributed by atoms with Crippen LogP contribution in [-0.2, 0) is 14.9 Å². The van der Waals surface area contributed by atoms with Crippen molar-refractivity contribution in [1.82, 2.24) is 10.6 Å². The number of carbonyl (C=O) groups is 3. The fourth-order valence-electron chi connectivity index (χ4n) is 7.52. The van der Waals surface area contributed by atoms with Crippen LogP contribution in [0.4, 0.5) is 19.3 Å². The van der Waals surface area contributed by atoms with Gasteiger partial charge < -0.3 is 35.3 Å². The number of halogens is 4. The summed E-state index contributed by atoms with van der Waals surface area (Å²) in [7, 11) is 0. The van der Waals surface area contributed by atoms with Gasteiger partial charge in [0, 0.05) is 34.7 Å². The van der Waals surface area contributed by atoms with Crippen molar-refractivity contribution in [3.8, 4) is 11.8 Å². The third-order valence-corrected chi connectivity index (χ3v) is 10.6. The summed E-state index contributed by atoms with van der Waals surface area (Å²) in [5.74, 6) is -5.24. The van der Waals surface area contributed by atoms with E-state index in [4.69, 9.17) is 32.7 Å². The number of anilines is 1. The summed E-state index contributed by atoms with van der Waals surface area (Å²) in [6.45, 7) is 5.98. The molecule has 1 fully saturated rings. The molecule has 1 aliphatic heterocycles. The molecule has 0 aromatic heterocycles. The molecular weight excluding hydrogens is 788 g/mol. The minimum absolute atomic E-state index is 0. The number of carboxylic acids is 1. The topological polar surface area (TPSA) is 153 Å². The molecule has 1 aliphatic carbocycles. The van der Waals surface area contributed by atoms with Crippen molar-refractivity contribution in [2.45, 2.75) is 95.2 Å². The van der Waals surface area contributed by atoms with Gasteiger partial charge in [0.1, 0.15) is 28.9 Å². The Morgan fingerprint density at radius 3 is 2.51 bits per heavy atom. The summed E-state index contributed by atoms with van der Waals surface area (Å²) >= 11 is 12.4. The third kappa shape index (κ3) is 11.3. The van der Waals surface area contributed by atoms with Crippen molar-refractivity contribution < 1.29 is 67.3 Å². The van der Waals surface area contributed by atoms with Gasteiger partial charge in [-0.25, -0.2) is 13.6 Å². The average molecular weight is 834 g/mol. The van der Waals surface area contributed by atoms with Crippen molar-refractivity contribution >= 4 is 46.9 Å². The molecule has 2 aliphatic rings. The minimum atomic E-state index is -1.85. The largest absolute Gasteiger partial charge is 1.00 e. The standard InChI is InChI=1S/C42H46Cl2F2N4O6.Na/c1-41(2,3)23-34-42(24-47,29-17-16-26(43)22-31(29)45)35(28-13-9-14-30(44)36(28)46)37(50-34)38(51)49-32-18-15-25(39(52)53)21-33(32)55-20-10-19-48-40(54)56-27-11-7-5-4-6-8-12-27;/h4-5,9,13-18,21-22,27,34-35,37,50H,6-8,10-12,19-20,23H2,1-3H3,(H,48,54)(H,49,51)(H,52,53);/q;+1/p-1/b5-4+;/t27?,34-,35-,37+,42-;/m0./s1. The van der Waals surface area contributed by atoms with Crippen LogP contribution in [0.15, 0.2) is 66.7 Å². The third-order valence-electron chi connectivity index (χ3n) is 10.0. The Morgan fingerprint density at radius 1 is 1.05 bits per heavy atom. The molecule has 57 heavy (non-hydrogen) atoms. The van der Waals surface area contributed by atoms with Gasteiger partial charge in [0.2, 0.25) is 5.91 Å². The maximum absolute atomic E-state index is 16.1. The number of carbonyl (C=O) groups excluding carboxylic acids is 3. The summed E-state index contributed by atoms with van der Waals surface area (Å²) in [5.41, 5.74) is -2.62. The first-order valence-corrected chi connectivity index (χ1v) is 19.4. The maximum atomic E-state index is 16.1. The van der Waals surface area contributed by atoms with E-state index in [1.54, 1.807) is 0 Å². The van der Waals surface area contributed by atoms with Crippen LogP contribution in [-0.4, -0.2) is 49.3 Å². The van der Waals surface area contributed by atoms with Gasteiger partial charge in [0.15, 0.2) is 0 Å². The quantitative estimate of drug-likeness (QED) is 0.131. The molecule has 15 heteroatoms. The Kier molecular flexibility index (Phi) is 16.4. The molecule has 298 valence electrons. The Hall–Kier alpha value is -3.70. The van der Waals surface area contributed by atoms with Crippen LogP contribution >= 0.6 is 23.2 Å². The summed E-state index contributed by atoms with van der Waals surface area (Å²) in [6.07, 6.45) is 8.30. The first-order chi connectivity index (χ1) is 26.6.